The maximum Gasteiger partial charge on any atom is 0.119 e. The van der Waals surface area contributed by atoms with E-state index in [2.05, 4.69) is 30.9 Å². The molecule has 0 saturated carbocycles. The molecule has 0 aliphatic carbocycles. The van der Waals surface area contributed by atoms with Crippen molar-refractivity contribution in [1.82, 2.24) is 4.90 Å². The molecule has 3 nitrogen and oxygen atoms in total. The summed E-state index contributed by atoms with van der Waals surface area (Å²) in [7, 11) is 0. The zero-order valence-electron chi connectivity index (χ0n) is 11.9. The number of nitrogens with two attached hydrogens (primary N) is 1. The molecular weight excluding hydrogens is 224 g/mol. The Bertz CT molecular complexity index is 320. The minimum atomic E-state index is 0.112. The topological polar surface area (TPSA) is 38.5 Å². The van der Waals surface area contributed by atoms with Crippen LogP contribution in [0.2, 0.25) is 0 Å². The molecular formula is C15H26N2O. The van der Waals surface area contributed by atoms with E-state index >= 15 is 0 Å². The van der Waals surface area contributed by atoms with Crippen LogP contribution in [0.1, 0.15) is 38.8 Å². The molecule has 0 radical (unpaired) electrons. The first-order chi connectivity index (χ1) is 8.71. The zero-order valence-corrected chi connectivity index (χ0v) is 11.9. The Morgan fingerprint density at radius 1 is 1.11 bits per heavy atom. The number of hydrogen-bond acceptors (Lipinski definition) is 3. The molecule has 18 heavy (non-hydrogen) atoms. The standard InChI is InChI=1S/C15H26N2O/c1-4-17(5-2)12-11-15(16)13-7-9-14(10-8-13)18-6-3/h7-10,15H,4-6,11-12,16H2,1-3H3. The van der Waals surface area contributed by atoms with Crippen molar-refractivity contribution in [2.24, 2.45) is 5.73 Å². The Kier molecular flexibility index (Phi) is 6.76. The third-order valence-electron chi connectivity index (χ3n) is 3.27. The summed E-state index contributed by atoms with van der Waals surface area (Å²) in [6.07, 6.45) is 0.996. The van der Waals surface area contributed by atoms with Crippen LogP contribution >= 0.6 is 0 Å². The minimum absolute atomic E-state index is 0.112. The Labute approximate surface area is 111 Å². The molecule has 0 bridgehead atoms. The van der Waals surface area contributed by atoms with Crippen LogP contribution in [-0.4, -0.2) is 31.1 Å². The fourth-order valence-corrected chi connectivity index (χ4v) is 2.01. The maximum atomic E-state index is 6.21. The molecule has 1 aromatic carbocycles. The smallest absolute Gasteiger partial charge is 0.119 e. The number of hydrogen-bond donors (Lipinski definition) is 1. The van der Waals surface area contributed by atoms with E-state index in [0.29, 0.717) is 6.61 Å². The van der Waals surface area contributed by atoms with Crippen molar-refractivity contribution >= 4 is 0 Å². The van der Waals surface area contributed by atoms with Crippen molar-refractivity contribution < 1.29 is 4.74 Å². The van der Waals surface area contributed by atoms with Gasteiger partial charge in [0.05, 0.1) is 6.61 Å². The largest absolute Gasteiger partial charge is 0.494 e. The lowest BCUT2D eigenvalue weighted by Crippen LogP contribution is -2.27. The van der Waals surface area contributed by atoms with Gasteiger partial charge in [0.1, 0.15) is 5.75 Å². The summed E-state index contributed by atoms with van der Waals surface area (Å²) in [5, 5.41) is 0. The van der Waals surface area contributed by atoms with Gasteiger partial charge < -0.3 is 15.4 Å². The first kappa shape index (κ1) is 15.0. The summed E-state index contributed by atoms with van der Waals surface area (Å²) < 4.78 is 5.42. The van der Waals surface area contributed by atoms with Crippen LogP contribution in [0.3, 0.4) is 0 Å². The average Bonchev–Trinajstić information content (AvgIpc) is 2.41. The normalized spacial score (nSPS) is 12.7. The van der Waals surface area contributed by atoms with Gasteiger partial charge in [-0.3, -0.25) is 0 Å². The number of ether oxygens (including phenoxy) is 1. The average molecular weight is 250 g/mol. The fourth-order valence-electron chi connectivity index (χ4n) is 2.01. The SMILES string of the molecule is CCOc1ccc(C(N)CCN(CC)CC)cc1. The Balaban J connectivity index is 2.48. The van der Waals surface area contributed by atoms with E-state index in [4.69, 9.17) is 10.5 Å². The minimum Gasteiger partial charge on any atom is -0.494 e. The van der Waals surface area contributed by atoms with E-state index in [1.54, 1.807) is 0 Å². The van der Waals surface area contributed by atoms with Gasteiger partial charge in [0.25, 0.3) is 0 Å². The summed E-state index contributed by atoms with van der Waals surface area (Å²) in [4.78, 5) is 2.40. The molecule has 0 aromatic heterocycles. The second-order valence-electron chi connectivity index (χ2n) is 4.42. The quantitative estimate of drug-likeness (QED) is 0.771. The molecule has 0 spiro atoms. The van der Waals surface area contributed by atoms with Gasteiger partial charge in [-0.05, 0) is 50.7 Å². The molecule has 1 unspecified atom stereocenters. The van der Waals surface area contributed by atoms with E-state index in [1.807, 2.05) is 19.1 Å². The van der Waals surface area contributed by atoms with Crippen LogP contribution in [0.15, 0.2) is 24.3 Å². The lowest BCUT2D eigenvalue weighted by atomic mass is 10.0. The fraction of sp³-hybridized carbons (Fsp3) is 0.600. The van der Waals surface area contributed by atoms with Crippen LogP contribution in [0.25, 0.3) is 0 Å². The molecule has 0 aliphatic rings. The Morgan fingerprint density at radius 3 is 2.22 bits per heavy atom. The monoisotopic (exact) mass is 250 g/mol. The van der Waals surface area contributed by atoms with Crippen LogP contribution < -0.4 is 10.5 Å². The Hall–Kier alpha value is -1.06. The molecule has 0 amide bonds. The van der Waals surface area contributed by atoms with Gasteiger partial charge in [0, 0.05) is 6.04 Å². The first-order valence-electron chi connectivity index (χ1n) is 6.91. The van der Waals surface area contributed by atoms with Crippen LogP contribution in [0, 0.1) is 0 Å². The summed E-state index contributed by atoms with van der Waals surface area (Å²) in [6.45, 7) is 10.3. The molecule has 102 valence electrons. The molecule has 0 heterocycles. The molecule has 1 rings (SSSR count). The van der Waals surface area contributed by atoms with Crippen LogP contribution in [0.5, 0.6) is 5.75 Å². The second kappa shape index (κ2) is 8.11. The molecule has 0 saturated heterocycles. The third kappa shape index (κ3) is 4.67. The molecule has 2 N–H and O–H groups in total. The van der Waals surface area contributed by atoms with Gasteiger partial charge in [0.2, 0.25) is 0 Å². The highest BCUT2D eigenvalue weighted by Crippen LogP contribution is 2.18. The summed E-state index contributed by atoms with van der Waals surface area (Å²) in [6, 6.07) is 8.24. The lowest BCUT2D eigenvalue weighted by Gasteiger charge is -2.20. The third-order valence-corrected chi connectivity index (χ3v) is 3.27. The summed E-state index contributed by atoms with van der Waals surface area (Å²) in [5.41, 5.74) is 7.39. The lowest BCUT2D eigenvalue weighted by molar-refractivity contribution is 0.290. The number of nitrogens with zero attached hydrogens (tertiary/aromatic N) is 1. The van der Waals surface area contributed by atoms with Gasteiger partial charge in [-0.25, -0.2) is 0 Å². The maximum absolute atomic E-state index is 6.21. The van der Waals surface area contributed by atoms with E-state index in [9.17, 15) is 0 Å². The van der Waals surface area contributed by atoms with E-state index in [0.717, 1.165) is 31.8 Å². The first-order valence-corrected chi connectivity index (χ1v) is 6.91. The van der Waals surface area contributed by atoms with E-state index < -0.39 is 0 Å². The Morgan fingerprint density at radius 2 is 1.72 bits per heavy atom. The highest BCUT2D eigenvalue weighted by molar-refractivity contribution is 5.29. The van der Waals surface area contributed by atoms with Gasteiger partial charge >= 0.3 is 0 Å². The zero-order chi connectivity index (χ0) is 13.4. The van der Waals surface area contributed by atoms with Crippen molar-refractivity contribution in [3.8, 4) is 5.75 Å². The number of rotatable bonds is 8. The number of benzene rings is 1. The van der Waals surface area contributed by atoms with Crippen LogP contribution in [-0.2, 0) is 0 Å². The molecule has 1 atom stereocenters. The van der Waals surface area contributed by atoms with Gasteiger partial charge in [0.15, 0.2) is 0 Å². The van der Waals surface area contributed by atoms with Crippen molar-refractivity contribution in [2.45, 2.75) is 33.2 Å². The molecule has 0 fully saturated rings. The molecule has 3 heteroatoms. The van der Waals surface area contributed by atoms with Gasteiger partial charge in [-0.15, -0.1) is 0 Å². The molecule has 1 aromatic rings. The highest BCUT2D eigenvalue weighted by atomic mass is 16.5. The molecule has 0 aliphatic heterocycles. The van der Waals surface area contributed by atoms with Crippen molar-refractivity contribution in [3.63, 3.8) is 0 Å². The predicted octanol–water partition coefficient (Wildman–Crippen LogP) is 2.82. The highest BCUT2D eigenvalue weighted by Gasteiger charge is 2.08. The van der Waals surface area contributed by atoms with Crippen molar-refractivity contribution in [1.29, 1.82) is 0 Å². The van der Waals surface area contributed by atoms with Crippen molar-refractivity contribution in [3.05, 3.63) is 29.8 Å². The van der Waals surface area contributed by atoms with E-state index in [-0.39, 0.29) is 6.04 Å². The second-order valence-corrected chi connectivity index (χ2v) is 4.42. The van der Waals surface area contributed by atoms with Crippen LogP contribution in [0.4, 0.5) is 0 Å². The summed E-state index contributed by atoms with van der Waals surface area (Å²) in [5.74, 6) is 0.914. The summed E-state index contributed by atoms with van der Waals surface area (Å²) >= 11 is 0. The van der Waals surface area contributed by atoms with E-state index in [1.165, 1.54) is 5.56 Å². The van der Waals surface area contributed by atoms with Gasteiger partial charge in [-0.2, -0.15) is 0 Å². The predicted molar refractivity (Wildman–Crippen MR) is 76.9 cm³/mol. The van der Waals surface area contributed by atoms with Gasteiger partial charge in [-0.1, -0.05) is 26.0 Å². The van der Waals surface area contributed by atoms with Crippen molar-refractivity contribution in [2.75, 3.05) is 26.2 Å².